The number of anilines is 1. The van der Waals surface area contributed by atoms with Crippen molar-refractivity contribution < 1.29 is 27.1 Å². The van der Waals surface area contributed by atoms with Gasteiger partial charge in [0.25, 0.3) is 0 Å². The summed E-state index contributed by atoms with van der Waals surface area (Å²) < 4.78 is 45.2. The Labute approximate surface area is 195 Å². The fourth-order valence-electron chi connectivity index (χ4n) is 3.06. The summed E-state index contributed by atoms with van der Waals surface area (Å²) in [5.74, 6) is -1.89. The molecule has 0 radical (unpaired) electrons. The molecule has 0 heterocycles. The molecular weight excluding hydrogens is 471 g/mol. The van der Waals surface area contributed by atoms with Crippen LogP contribution in [-0.2, 0) is 14.8 Å². The first-order valence-corrected chi connectivity index (χ1v) is 11.4. The van der Waals surface area contributed by atoms with Gasteiger partial charge in [0.15, 0.2) is 5.78 Å². The number of ether oxygens (including phenoxy) is 1. The Balaban J connectivity index is 1.83. The zero-order valence-electron chi connectivity index (χ0n) is 17.7. The van der Waals surface area contributed by atoms with Crippen LogP contribution in [0.25, 0.3) is 0 Å². The third-order valence-electron chi connectivity index (χ3n) is 4.72. The van der Waals surface area contributed by atoms with Crippen LogP contribution in [0.3, 0.4) is 0 Å². The van der Waals surface area contributed by atoms with Crippen LogP contribution in [0.15, 0.2) is 71.6 Å². The number of sulfonamides is 1. The molecule has 0 fully saturated rings. The van der Waals surface area contributed by atoms with E-state index in [1.165, 1.54) is 38.4 Å². The van der Waals surface area contributed by atoms with Gasteiger partial charge >= 0.3 is 0 Å². The van der Waals surface area contributed by atoms with Gasteiger partial charge in [-0.1, -0.05) is 41.9 Å². The van der Waals surface area contributed by atoms with Gasteiger partial charge in [-0.2, -0.15) is 4.31 Å². The standard InChI is InChI=1S/C23H20ClFN2O5S/c1-27(33(30,31)21-13-17(25)9-11-20(21)32-2)14-22(28)26-19-10-8-16(24)12-18(19)23(29)15-6-4-3-5-7-15/h3-13H,14H2,1-2H3,(H,26,28). The molecule has 3 aromatic rings. The lowest BCUT2D eigenvalue weighted by molar-refractivity contribution is -0.116. The van der Waals surface area contributed by atoms with Crippen LogP contribution in [0, 0.1) is 5.82 Å². The van der Waals surface area contributed by atoms with E-state index in [-0.39, 0.29) is 22.8 Å². The molecule has 0 saturated heterocycles. The smallest absolute Gasteiger partial charge is 0.247 e. The number of hydrogen-bond donors (Lipinski definition) is 1. The van der Waals surface area contributed by atoms with Crippen LogP contribution in [0.1, 0.15) is 15.9 Å². The minimum Gasteiger partial charge on any atom is -0.495 e. The second-order valence-corrected chi connectivity index (χ2v) is 9.44. The lowest BCUT2D eigenvalue weighted by atomic mass is 10.0. The fraction of sp³-hybridized carbons (Fsp3) is 0.130. The second kappa shape index (κ2) is 10.1. The van der Waals surface area contributed by atoms with Gasteiger partial charge in [-0.25, -0.2) is 12.8 Å². The van der Waals surface area contributed by atoms with Gasteiger partial charge < -0.3 is 10.1 Å². The molecule has 1 amide bonds. The summed E-state index contributed by atoms with van der Waals surface area (Å²) in [4.78, 5) is 25.1. The number of nitrogens with zero attached hydrogens (tertiary/aromatic N) is 1. The SMILES string of the molecule is COc1ccc(F)cc1S(=O)(=O)N(C)CC(=O)Nc1ccc(Cl)cc1C(=O)c1ccccc1. The maximum absolute atomic E-state index is 13.7. The molecule has 0 unspecified atom stereocenters. The largest absolute Gasteiger partial charge is 0.495 e. The average Bonchev–Trinajstić information content (AvgIpc) is 2.80. The maximum atomic E-state index is 13.7. The zero-order chi connectivity index (χ0) is 24.2. The van der Waals surface area contributed by atoms with Crippen molar-refractivity contribution >= 4 is 39.0 Å². The minimum atomic E-state index is -4.25. The molecule has 3 rings (SSSR count). The van der Waals surface area contributed by atoms with Gasteiger partial charge in [-0.15, -0.1) is 0 Å². The van der Waals surface area contributed by atoms with Crippen LogP contribution in [0.2, 0.25) is 5.02 Å². The van der Waals surface area contributed by atoms with E-state index < -0.39 is 33.2 Å². The number of methoxy groups -OCH3 is 1. The highest BCUT2D eigenvalue weighted by Crippen LogP contribution is 2.27. The molecule has 7 nitrogen and oxygen atoms in total. The van der Waals surface area contributed by atoms with Gasteiger partial charge in [-0.3, -0.25) is 9.59 Å². The molecule has 172 valence electrons. The van der Waals surface area contributed by atoms with Crippen molar-refractivity contribution in [2.45, 2.75) is 4.90 Å². The molecule has 0 aliphatic carbocycles. The Morgan fingerprint density at radius 1 is 1.06 bits per heavy atom. The quantitative estimate of drug-likeness (QED) is 0.482. The van der Waals surface area contributed by atoms with Gasteiger partial charge in [0.1, 0.15) is 16.5 Å². The molecular formula is C23H20ClFN2O5S. The first kappa shape index (κ1) is 24.4. The maximum Gasteiger partial charge on any atom is 0.247 e. The molecule has 0 atom stereocenters. The lowest BCUT2D eigenvalue weighted by Crippen LogP contribution is -2.35. The van der Waals surface area contributed by atoms with Crippen molar-refractivity contribution in [2.75, 3.05) is 26.0 Å². The van der Waals surface area contributed by atoms with Gasteiger partial charge in [0.2, 0.25) is 15.9 Å². The fourth-order valence-corrected chi connectivity index (χ4v) is 4.52. The zero-order valence-corrected chi connectivity index (χ0v) is 19.3. The van der Waals surface area contributed by atoms with E-state index in [4.69, 9.17) is 16.3 Å². The van der Waals surface area contributed by atoms with E-state index in [1.54, 1.807) is 30.3 Å². The summed E-state index contributed by atoms with van der Waals surface area (Å²) in [5.41, 5.74) is 0.722. The number of rotatable bonds is 8. The van der Waals surface area contributed by atoms with Crippen LogP contribution >= 0.6 is 11.6 Å². The number of halogens is 2. The number of amides is 1. The molecule has 0 spiro atoms. The Morgan fingerprint density at radius 2 is 1.76 bits per heavy atom. The van der Waals surface area contributed by atoms with Crippen molar-refractivity contribution in [1.82, 2.24) is 4.31 Å². The van der Waals surface area contributed by atoms with Gasteiger partial charge in [-0.05, 0) is 36.4 Å². The number of ketones is 1. The third kappa shape index (κ3) is 5.57. The molecule has 10 heteroatoms. The summed E-state index contributed by atoms with van der Waals surface area (Å²) in [6.45, 7) is -0.594. The molecule has 0 saturated carbocycles. The highest BCUT2D eigenvalue weighted by molar-refractivity contribution is 7.89. The number of nitrogens with one attached hydrogen (secondary N) is 1. The van der Waals surface area contributed by atoms with E-state index in [1.807, 2.05) is 0 Å². The summed E-state index contributed by atoms with van der Waals surface area (Å²) in [6, 6.07) is 15.9. The monoisotopic (exact) mass is 490 g/mol. The van der Waals surface area contributed by atoms with Gasteiger partial charge in [0.05, 0.1) is 19.3 Å². The van der Waals surface area contributed by atoms with Crippen LogP contribution in [0.4, 0.5) is 10.1 Å². The summed E-state index contributed by atoms with van der Waals surface area (Å²) in [7, 11) is -1.82. The van der Waals surface area contributed by atoms with E-state index in [0.29, 0.717) is 10.6 Å². The van der Waals surface area contributed by atoms with Crippen molar-refractivity contribution in [3.8, 4) is 5.75 Å². The second-order valence-electron chi connectivity index (χ2n) is 6.99. The number of carbonyl (C=O) groups is 2. The predicted molar refractivity (Wildman–Crippen MR) is 123 cm³/mol. The number of carbonyl (C=O) groups excluding carboxylic acids is 2. The summed E-state index contributed by atoms with van der Waals surface area (Å²) >= 11 is 6.04. The van der Waals surface area contributed by atoms with Crippen molar-refractivity contribution in [3.63, 3.8) is 0 Å². The molecule has 0 aromatic heterocycles. The van der Waals surface area contributed by atoms with E-state index >= 15 is 0 Å². The number of benzene rings is 3. The first-order valence-electron chi connectivity index (χ1n) is 9.62. The Hall–Kier alpha value is -3.27. The highest BCUT2D eigenvalue weighted by atomic mass is 35.5. The lowest BCUT2D eigenvalue weighted by Gasteiger charge is -2.19. The van der Waals surface area contributed by atoms with Crippen LogP contribution in [0.5, 0.6) is 5.75 Å². The highest BCUT2D eigenvalue weighted by Gasteiger charge is 2.27. The van der Waals surface area contributed by atoms with E-state index in [0.717, 1.165) is 16.4 Å². The first-order chi connectivity index (χ1) is 15.6. The van der Waals surface area contributed by atoms with Crippen molar-refractivity contribution in [1.29, 1.82) is 0 Å². The Kier molecular flexibility index (Phi) is 7.47. The normalized spacial score (nSPS) is 11.3. The van der Waals surface area contributed by atoms with E-state index in [2.05, 4.69) is 5.32 Å². The number of hydrogen-bond acceptors (Lipinski definition) is 5. The third-order valence-corrected chi connectivity index (χ3v) is 6.78. The minimum absolute atomic E-state index is 0.0582. The van der Waals surface area contributed by atoms with Crippen LogP contribution < -0.4 is 10.1 Å². The Bertz CT molecular complexity index is 1300. The van der Waals surface area contributed by atoms with Gasteiger partial charge in [0, 0.05) is 23.2 Å². The van der Waals surface area contributed by atoms with Crippen molar-refractivity contribution in [2.24, 2.45) is 0 Å². The number of likely N-dealkylation sites (N-methyl/N-ethyl adjacent to an activating group) is 1. The summed E-state index contributed by atoms with van der Waals surface area (Å²) in [6.07, 6.45) is 0. The molecule has 0 bridgehead atoms. The van der Waals surface area contributed by atoms with E-state index in [9.17, 15) is 22.4 Å². The molecule has 1 N–H and O–H groups in total. The predicted octanol–water partition coefficient (Wildman–Crippen LogP) is 3.98. The van der Waals surface area contributed by atoms with Crippen LogP contribution in [-0.4, -0.2) is 45.1 Å². The average molecular weight is 491 g/mol. The Morgan fingerprint density at radius 3 is 2.42 bits per heavy atom. The topological polar surface area (TPSA) is 92.8 Å². The summed E-state index contributed by atoms with van der Waals surface area (Å²) in [5, 5.41) is 2.85. The molecule has 0 aliphatic rings. The van der Waals surface area contributed by atoms with Crippen molar-refractivity contribution in [3.05, 3.63) is 88.7 Å². The molecule has 3 aromatic carbocycles. The molecule has 33 heavy (non-hydrogen) atoms. The molecule has 0 aliphatic heterocycles.